The molecule has 0 atom stereocenters. The highest BCUT2D eigenvalue weighted by atomic mass is 16.1. The van der Waals surface area contributed by atoms with Crippen LogP contribution in [-0.4, -0.2) is 40.5 Å². The van der Waals surface area contributed by atoms with Gasteiger partial charge >= 0.3 is 0 Å². The number of benzene rings is 1. The molecule has 0 saturated carbocycles. The van der Waals surface area contributed by atoms with Crippen molar-refractivity contribution in [1.29, 1.82) is 0 Å². The van der Waals surface area contributed by atoms with Crippen molar-refractivity contribution in [2.45, 2.75) is 33.1 Å². The van der Waals surface area contributed by atoms with Gasteiger partial charge in [0.2, 0.25) is 0 Å². The molecule has 1 aromatic carbocycles. The second kappa shape index (κ2) is 9.16. The zero-order valence-corrected chi connectivity index (χ0v) is 16.0. The van der Waals surface area contributed by atoms with Gasteiger partial charge in [-0.05, 0) is 30.9 Å². The maximum Gasteiger partial charge on any atom is 0.270 e. The number of hydrogen-bond donors (Lipinski definition) is 2. The molecule has 6 nitrogen and oxygen atoms in total. The molecule has 0 radical (unpaired) electrons. The van der Waals surface area contributed by atoms with Crippen LogP contribution in [0.3, 0.4) is 0 Å². The molecule has 0 saturated heterocycles. The summed E-state index contributed by atoms with van der Waals surface area (Å²) in [6.45, 7) is 6.69. The Morgan fingerprint density at radius 3 is 2.70 bits per heavy atom. The number of amides is 1. The van der Waals surface area contributed by atoms with E-state index in [1.807, 2.05) is 18.3 Å². The summed E-state index contributed by atoms with van der Waals surface area (Å²) in [5, 5.41) is 4.17. The first kappa shape index (κ1) is 18.9. The van der Waals surface area contributed by atoms with Crippen LogP contribution in [0.25, 0.3) is 10.9 Å². The zero-order valence-electron chi connectivity index (χ0n) is 16.0. The fraction of sp³-hybridized carbons (Fsp3) is 0.381. The molecule has 0 unspecified atom stereocenters. The van der Waals surface area contributed by atoms with Crippen molar-refractivity contribution in [2.24, 2.45) is 0 Å². The van der Waals surface area contributed by atoms with Crippen LogP contribution in [0, 0.1) is 0 Å². The predicted molar refractivity (Wildman–Crippen MR) is 109 cm³/mol. The van der Waals surface area contributed by atoms with E-state index in [4.69, 9.17) is 0 Å². The van der Waals surface area contributed by atoms with E-state index in [1.54, 1.807) is 6.07 Å². The van der Waals surface area contributed by atoms with Crippen molar-refractivity contribution in [3.8, 4) is 0 Å². The fourth-order valence-electron chi connectivity index (χ4n) is 3.26. The zero-order chi connectivity index (χ0) is 19.1. The largest absolute Gasteiger partial charge is 0.361 e. The lowest BCUT2D eigenvalue weighted by Gasteiger charge is -2.22. The highest BCUT2D eigenvalue weighted by Gasteiger charge is 2.12. The SMILES string of the molecule is CCCN(CCC)c1cc(C(=O)NCCc2c[nH]c3ccccc23)ncn1. The van der Waals surface area contributed by atoms with Crippen molar-refractivity contribution >= 4 is 22.6 Å². The molecule has 2 heterocycles. The number of carbonyl (C=O) groups excluding carboxylic acids is 1. The third-order valence-corrected chi connectivity index (χ3v) is 4.55. The van der Waals surface area contributed by atoms with Gasteiger partial charge in [-0.3, -0.25) is 4.79 Å². The van der Waals surface area contributed by atoms with Crippen LogP contribution < -0.4 is 10.2 Å². The van der Waals surface area contributed by atoms with Crippen molar-refractivity contribution in [3.05, 3.63) is 54.1 Å². The molecule has 1 amide bonds. The van der Waals surface area contributed by atoms with Gasteiger partial charge in [-0.1, -0.05) is 32.0 Å². The molecule has 142 valence electrons. The minimum Gasteiger partial charge on any atom is -0.361 e. The summed E-state index contributed by atoms with van der Waals surface area (Å²) >= 11 is 0. The number of para-hydroxylation sites is 1. The lowest BCUT2D eigenvalue weighted by atomic mass is 10.1. The highest BCUT2D eigenvalue weighted by Crippen LogP contribution is 2.18. The number of carbonyl (C=O) groups is 1. The molecule has 6 heteroatoms. The maximum atomic E-state index is 12.5. The number of fused-ring (bicyclic) bond motifs is 1. The van der Waals surface area contributed by atoms with Gasteiger partial charge in [0.25, 0.3) is 5.91 Å². The van der Waals surface area contributed by atoms with E-state index in [1.165, 1.54) is 17.3 Å². The molecule has 0 spiro atoms. The van der Waals surface area contributed by atoms with Crippen LogP contribution >= 0.6 is 0 Å². The first-order valence-corrected chi connectivity index (χ1v) is 9.63. The second-order valence-electron chi connectivity index (χ2n) is 6.61. The first-order chi connectivity index (χ1) is 13.2. The number of rotatable bonds is 9. The highest BCUT2D eigenvalue weighted by molar-refractivity contribution is 5.93. The Morgan fingerprint density at radius 2 is 1.93 bits per heavy atom. The van der Waals surface area contributed by atoms with E-state index in [0.29, 0.717) is 12.2 Å². The minimum absolute atomic E-state index is 0.161. The van der Waals surface area contributed by atoms with Crippen molar-refractivity contribution < 1.29 is 4.79 Å². The summed E-state index contributed by atoms with van der Waals surface area (Å²) in [7, 11) is 0. The number of nitrogens with zero attached hydrogens (tertiary/aromatic N) is 3. The molecule has 0 aliphatic carbocycles. The molecule has 0 fully saturated rings. The van der Waals surface area contributed by atoms with Gasteiger partial charge in [0.05, 0.1) is 0 Å². The Hall–Kier alpha value is -2.89. The third kappa shape index (κ3) is 4.64. The third-order valence-electron chi connectivity index (χ3n) is 4.55. The molecule has 0 bridgehead atoms. The summed E-state index contributed by atoms with van der Waals surface area (Å²) in [6.07, 6.45) is 6.33. The minimum atomic E-state index is -0.161. The quantitative estimate of drug-likeness (QED) is 0.608. The predicted octanol–water partition coefficient (Wildman–Crippen LogP) is 3.56. The molecular formula is C21H27N5O. The van der Waals surface area contributed by atoms with Gasteiger partial charge in [-0.25, -0.2) is 9.97 Å². The average molecular weight is 365 g/mol. The van der Waals surface area contributed by atoms with Crippen LogP contribution in [0.4, 0.5) is 5.82 Å². The van der Waals surface area contributed by atoms with Gasteiger partial charge in [0.15, 0.2) is 0 Å². The summed E-state index contributed by atoms with van der Waals surface area (Å²) in [5.41, 5.74) is 2.73. The summed E-state index contributed by atoms with van der Waals surface area (Å²) in [4.78, 5) is 26.5. The van der Waals surface area contributed by atoms with E-state index < -0.39 is 0 Å². The van der Waals surface area contributed by atoms with E-state index in [9.17, 15) is 4.79 Å². The summed E-state index contributed by atoms with van der Waals surface area (Å²) in [6, 6.07) is 9.97. The van der Waals surface area contributed by atoms with Crippen LogP contribution in [0.15, 0.2) is 42.9 Å². The van der Waals surface area contributed by atoms with Gasteiger partial charge in [0, 0.05) is 42.8 Å². The number of anilines is 1. The van der Waals surface area contributed by atoms with Gasteiger partial charge in [0.1, 0.15) is 17.8 Å². The topological polar surface area (TPSA) is 73.9 Å². The smallest absolute Gasteiger partial charge is 0.270 e. The fourth-order valence-corrected chi connectivity index (χ4v) is 3.26. The molecule has 0 aliphatic heterocycles. The molecule has 0 aliphatic rings. The monoisotopic (exact) mass is 365 g/mol. The van der Waals surface area contributed by atoms with E-state index in [-0.39, 0.29) is 5.91 Å². The van der Waals surface area contributed by atoms with Gasteiger partial charge in [-0.2, -0.15) is 0 Å². The second-order valence-corrected chi connectivity index (χ2v) is 6.61. The molecule has 3 rings (SSSR count). The van der Waals surface area contributed by atoms with E-state index in [0.717, 1.165) is 43.7 Å². The molecule has 2 N–H and O–H groups in total. The molecular weight excluding hydrogens is 338 g/mol. The first-order valence-electron chi connectivity index (χ1n) is 9.63. The van der Waals surface area contributed by atoms with Gasteiger partial charge in [-0.15, -0.1) is 0 Å². The van der Waals surface area contributed by atoms with E-state index in [2.05, 4.69) is 51.1 Å². The lowest BCUT2D eigenvalue weighted by Crippen LogP contribution is -2.29. The standard InChI is InChI=1S/C21H27N5O/c1-3-11-26(12-4-2)20-13-19(24-15-25-20)21(27)22-10-9-16-14-23-18-8-6-5-7-17(16)18/h5-8,13-15,23H,3-4,9-12H2,1-2H3,(H,22,27). The Morgan fingerprint density at radius 1 is 1.15 bits per heavy atom. The number of aromatic amines is 1. The Bertz CT molecular complexity index is 883. The number of hydrogen-bond acceptors (Lipinski definition) is 4. The van der Waals surface area contributed by atoms with Crippen molar-refractivity contribution in [3.63, 3.8) is 0 Å². The average Bonchev–Trinajstić information content (AvgIpc) is 3.11. The van der Waals surface area contributed by atoms with Crippen LogP contribution in [0.2, 0.25) is 0 Å². The molecule has 3 aromatic rings. The Kier molecular flexibility index (Phi) is 6.41. The number of H-pyrrole nitrogens is 1. The normalized spacial score (nSPS) is 10.9. The van der Waals surface area contributed by atoms with Crippen molar-refractivity contribution in [2.75, 3.05) is 24.5 Å². The number of nitrogens with one attached hydrogen (secondary N) is 2. The number of aromatic nitrogens is 3. The summed E-state index contributed by atoms with van der Waals surface area (Å²) in [5.74, 6) is 0.655. The molecule has 27 heavy (non-hydrogen) atoms. The van der Waals surface area contributed by atoms with E-state index >= 15 is 0 Å². The van der Waals surface area contributed by atoms with Gasteiger partial charge < -0.3 is 15.2 Å². The maximum absolute atomic E-state index is 12.5. The van der Waals surface area contributed by atoms with Crippen molar-refractivity contribution in [1.82, 2.24) is 20.3 Å². The summed E-state index contributed by atoms with van der Waals surface area (Å²) < 4.78 is 0. The van der Waals surface area contributed by atoms with Crippen LogP contribution in [-0.2, 0) is 6.42 Å². The molecule has 2 aromatic heterocycles. The van der Waals surface area contributed by atoms with Crippen LogP contribution in [0.1, 0.15) is 42.7 Å². The lowest BCUT2D eigenvalue weighted by molar-refractivity contribution is 0.0949. The Balaban J connectivity index is 1.61. The van der Waals surface area contributed by atoms with Crippen LogP contribution in [0.5, 0.6) is 0 Å². The Labute approximate surface area is 160 Å².